The molecule has 1 aromatic rings. The van der Waals surface area contributed by atoms with E-state index in [1.165, 1.54) is 0 Å². The number of amides is 3. The summed E-state index contributed by atoms with van der Waals surface area (Å²) >= 11 is 0. The van der Waals surface area contributed by atoms with Gasteiger partial charge in [-0.25, -0.2) is 4.79 Å². The van der Waals surface area contributed by atoms with Crippen LogP contribution in [0.25, 0.3) is 0 Å². The Hall–Kier alpha value is -2.04. The topological polar surface area (TPSA) is 61.4 Å². The first-order valence-electron chi connectivity index (χ1n) is 7.83. The molecule has 1 aliphatic rings. The van der Waals surface area contributed by atoms with Gasteiger partial charge in [-0.15, -0.1) is 0 Å². The molecule has 3 amide bonds. The van der Waals surface area contributed by atoms with Crippen LogP contribution >= 0.6 is 0 Å². The van der Waals surface area contributed by atoms with Gasteiger partial charge in [-0.05, 0) is 57.9 Å². The second-order valence-electron chi connectivity index (χ2n) is 6.50. The van der Waals surface area contributed by atoms with Gasteiger partial charge in [0.2, 0.25) is 0 Å². The number of nitrogens with zero attached hydrogens (tertiary/aromatic N) is 1. The van der Waals surface area contributed by atoms with Crippen molar-refractivity contribution in [2.45, 2.75) is 52.1 Å². The van der Waals surface area contributed by atoms with Crippen molar-refractivity contribution < 1.29 is 9.59 Å². The third-order valence-electron chi connectivity index (χ3n) is 4.31. The van der Waals surface area contributed by atoms with Gasteiger partial charge in [0.25, 0.3) is 5.91 Å². The van der Waals surface area contributed by atoms with Crippen molar-refractivity contribution >= 4 is 17.6 Å². The summed E-state index contributed by atoms with van der Waals surface area (Å²) < 4.78 is 0. The van der Waals surface area contributed by atoms with Crippen molar-refractivity contribution in [2.75, 3.05) is 11.9 Å². The first-order valence-corrected chi connectivity index (χ1v) is 7.83. The van der Waals surface area contributed by atoms with Crippen LogP contribution < -0.4 is 10.6 Å². The molecule has 1 unspecified atom stereocenters. The van der Waals surface area contributed by atoms with E-state index in [4.69, 9.17) is 0 Å². The molecule has 0 saturated carbocycles. The average Bonchev–Trinajstić information content (AvgIpc) is 2.46. The Morgan fingerprint density at radius 3 is 2.36 bits per heavy atom. The Bertz CT molecular complexity index is 552. The zero-order chi connectivity index (χ0) is 16.3. The number of nitrogens with one attached hydrogen (secondary N) is 2. The molecule has 120 valence electrons. The lowest BCUT2D eigenvalue weighted by atomic mass is 9.89. The molecule has 0 aromatic heterocycles. The van der Waals surface area contributed by atoms with Crippen molar-refractivity contribution in [3.8, 4) is 0 Å². The quantitative estimate of drug-likeness (QED) is 0.897. The number of carbonyl (C=O) groups is 2. The Morgan fingerprint density at radius 1 is 1.27 bits per heavy atom. The highest BCUT2D eigenvalue weighted by molar-refractivity contribution is 5.95. The molecule has 5 nitrogen and oxygen atoms in total. The lowest BCUT2D eigenvalue weighted by Gasteiger charge is -2.48. The summed E-state index contributed by atoms with van der Waals surface area (Å²) in [4.78, 5) is 26.0. The molecule has 1 saturated heterocycles. The zero-order valence-electron chi connectivity index (χ0n) is 13.8. The van der Waals surface area contributed by atoms with Crippen LogP contribution in [0.3, 0.4) is 0 Å². The monoisotopic (exact) mass is 303 g/mol. The van der Waals surface area contributed by atoms with Crippen LogP contribution in [0.15, 0.2) is 24.3 Å². The van der Waals surface area contributed by atoms with Gasteiger partial charge in [0.1, 0.15) is 0 Å². The van der Waals surface area contributed by atoms with Gasteiger partial charge in [-0.3, -0.25) is 4.79 Å². The van der Waals surface area contributed by atoms with E-state index in [0.29, 0.717) is 11.3 Å². The van der Waals surface area contributed by atoms with Crippen molar-refractivity contribution in [3.05, 3.63) is 29.8 Å². The Labute approximate surface area is 132 Å². The molecule has 0 bridgehead atoms. The van der Waals surface area contributed by atoms with Crippen molar-refractivity contribution in [3.63, 3.8) is 0 Å². The van der Waals surface area contributed by atoms with E-state index >= 15 is 0 Å². The Balaban J connectivity index is 1.94. The van der Waals surface area contributed by atoms with Gasteiger partial charge in [0.15, 0.2) is 0 Å². The minimum atomic E-state index is -0.0898. The van der Waals surface area contributed by atoms with E-state index in [0.717, 1.165) is 19.4 Å². The van der Waals surface area contributed by atoms with Crippen LogP contribution in [0, 0.1) is 0 Å². The largest absolute Gasteiger partial charge is 0.350 e. The predicted molar refractivity (Wildman–Crippen MR) is 88.1 cm³/mol. The molecule has 0 spiro atoms. The molecule has 0 aliphatic carbocycles. The van der Waals surface area contributed by atoms with E-state index in [2.05, 4.69) is 24.5 Å². The molecule has 1 heterocycles. The van der Waals surface area contributed by atoms with Gasteiger partial charge >= 0.3 is 6.03 Å². The number of rotatable bonds is 4. The lowest BCUT2D eigenvalue weighted by molar-refractivity contribution is 0.0611. The summed E-state index contributed by atoms with van der Waals surface area (Å²) in [6.45, 7) is 8.90. The van der Waals surface area contributed by atoms with Crippen molar-refractivity contribution in [2.24, 2.45) is 0 Å². The molecule has 2 rings (SSSR count). The Kier molecular flexibility index (Phi) is 4.74. The highest BCUT2D eigenvalue weighted by atomic mass is 16.2. The zero-order valence-corrected chi connectivity index (χ0v) is 13.8. The van der Waals surface area contributed by atoms with E-state index in [1.54, 1.807) is 24.3 Å². The van der Waals surface area contributed by atoms with Gasteiger partial charge in [-0.2, -0.15) is 0 Å². The number of urea groups is 1. The van der Waals surface area contributed by atoms with Crippen LogP contribution in [0.5, 0.6) is 0 Å². The van der Waals surface area contributed by atoms with E-state index in [9.17, 15) is 9.59 Å². The van der Waals surface area contributed by atoms with Gasteiger partial charge < -0.3 is 15.5 Å². The third kappa shape index (κ3) is 3.59. The number of carbonyl (C=O) groups excluding carboxylic acids is 2. The van der Waals surface area contributed by atoms with E-state index in [1.807, 2.05) is 18.7 Å². The summed E-state index contributed by atoms with van der Waals surface area (Å²) in [7, 11) is 0. The van der Waals surface area contributed by atoms with E-state index < -0.39 is 0 Å². The number of hydrogen-bond acceptors (Lipinski definition) is 2. The smallest absolute Gasteiger partial charge is 0.322 e. The first kappa shape index (κ1) is 16.3. The molecule has 1 fully saturated rings. The molecule has 1 atom stereocenters. The fourth-order valence-corrected chi connectivity index (χ4v) is 2.35. The van der Waals surface area contributed by atoms with E-state index in [-0.39, 0.29) is 23.5 Å². The molecule has 22 heavy (non-hydrogen) atoms. The molecule has 1 aliphatic heterocycles. The highest BCUT2D eigenvalue weighted by Crippen LogP contribution is 2.29. The van der Waals surface area contributed by atoms with Crippen LogP contribution in [0.2, 0.25) is 0 Å². The average molecular weight is 303 g/mol. The second-order valence-corrected chi connectivity index (χ2v) is 6.50. The highest BCUT2D eigenvalue weighted by Gasteiger charge is 2.39. The van der Waals surface area contributed by atoms with Gasteiger partial charge in [0, 0.05) is 29.4 Å². The van der Waals surface area contributed by atoms with Gasteiger partial charge in [0.05, 0.1) is 0 Å². The van der Waals surface area contributed by atoms with Crippen LogP contribution in [-0.2, 0) is 0 Å². The number of likely N-dealkylation sites (tertiary alicyclic amines) is 1. The molecular weight excluding hydrogens is 278 g/mol. The predicted octanol–water partition coefficient (Wildman–Crippen LogP) is 3.23. The SMILES string of the molecule is CCC(C)NC(=O)c1ccc(NC(=O)N2CCC2(C)C)cc1. The minimum absolute atomic E-state index is 0.0692. The second kappa shape index (κ2) is 6.38. The minimum Gasteiger partial charge on any atom is -0.350 e. The molecule has 1 aromatic carbocycles. The van der Waals surface area contributed by atoms with Crippen LogP contribution in [0.1, 0.15) is 50.9 Å². The standard InChI is InChI=1S/C17H25N3O2/c1-5-12(2)18-15(21)13-6-8-14(9-7-13)19-16(22)20-11-10-17(20,3)4/h6-9,12H,5,10-11H2,1-4H3,(H,18,21)(H,19,22). The third-order valence-corrected chi connectivity index (χ3v) is 4.31. The summed E-state index contributed by atoms with van der Waals surface area (Å²) in [5.74, 6) is -0.0869. The number of benzene rings is 1. The van der Waals surface area contributed by atoms with Crippen LogP contribution in [-0.4, -0.2) is 35.0 Å². The molecule has 2 N–H and O–H groups in total. The summed E-state index contributed by atoms with van der Waals surface area (Å²) in [6.07, 6.45) is 1.92. The maximum atomic E-state index is 12.1. The fourth-order valence-electron chi connectivity index (χ4n) is 2.35. The maximum Gasteiger partial charge on any atom is 0.322 e. The summed E-state index contributed by atoms with van der Waals surface area (Å²) in [5.41, 5.74) is 1.23. The summed E-state index contributed by atoms with van der Waals surface area (Å²) in [6, 6.07) is 7.05. The number of hydrogen-bond donors (Lipinski definition) is 2. The number of anilines is 1. The first-order chi connectivity index (χ1) is 10.3. The molecule has 5 heteroatoms. The fraction of sp³-hybridized carbons (Fsp3) is 0.529. The molecular formula is C17H25N3O2. The maximum absolute atomic E-state index is 12.1. The van der Waals surface area contributed by atoms with Crippen LogP contribution in [0.4, 0.5) is 10.5 Å². The summed E-state index contributed by atoms with van der Waals surface area (Å²) in [5, 5.41) is 5.79. The normalized spacial score (nSPS) is 17.4. The molecule has 0 radical (unpaired) electrons. The van der Waals surface area contributed by atoms with Crippen molar-refractivity contribution in [1.82, 2.24) is 10.2 Å². The lowest BCUT2D eigenvalue weighted by Crippen LogP contribution is -2.59. The van der Waals surface area contributed by atoms with Gasteiger partial charge in [-0.1, -0.05) is 6.92 Å². The van der Waals surface area contributed by atoms with Crippen molar-refractivity contribution in [1.29, 1.82) is 0 Å². The Morgan fingerprint density at radius 2 is 1.91 bits per heavy atom.